The van der Waals surface area contributed by atoms with Crippen LogP contribution in [0.2, 0.25) is 0 Å². The average Bonchev–Trinajstić information content (AvgIpc) is 3.29. The number of phenolic OH excluding ortho intramolecular Hbond substituents is 1. The molecule has 3 heterocycles. The van der Waals surface area contributed by atoms with Crippen LogP contribution in [0.5, 0.6) is 11.5 Å². The first-order valence-corrected chi connectivity index (χ1v) is 12.1. The summed E-state index contributed by atoms with van der Waals surface area (Å²) in [5, 5.41) is 14.0. The number of urea groups is 1. The van der Waals surface area contributed by atoms with Gasteiger partial charge < -0.3 is 20.1 Å². The van der Waals surface area contributed by atoms with Crippen LogP contribution in [0.3, 0.4) is 0 Å². The van der Waals surface area contributed by atoms with Crippen LogP contribution in [0.1, 0.15) is 36.2 Å². The van der Waals surface area contributed by atoms with Crippen molar-refractivity contribution in [1.29, 1.82) is 0 Å². The lowest BCUT2D eigenvalue weighted by atomic mass is 9.81. The van der Waals surface area contributed by atoms with Crippen molar-refractivity contribution in [2.24, 2.45) is 0 Å². The number of nitrogens with zero attached hydrogens (tertiary/aromatic N) is 2. The fourth-order valence-electron chi connectivity index (χ4n) is 5.47. The summed E-state index contributed by atoms with van der Waals surface area (Å²) in [7, 11) is 0. The van der Waals surface area contributed by atoms with Crippen LogP contribution in [-0.4, -0.2) is 63.6 Å². The van der Waals surface area contributed by atoms with Gasteiger partial charge in [0.25, 0.3) is 5.91 Å². The number of benzene rings is 2. The van der Waals surface area contributed by atoms with Crippen molar-refractivity contribution in [1.82, 2.24) is 20.1 Å². The molecule has 10 heteroatoms. The molecule has 0 saturated carbocycles. The Kier molecular flexibility index (Phi) is 6.36. The fraction of sp³-hybridized carbons (Fsp3) is 0.333. The molecule has 2 aliphatic heterocycles. The van der Waals surface area contributed by atoms with Crippen LogP contribution in [-0.2, 0) is 11.2 Å². The Morgan fingerprint density at radius 1 is 1.30 bits per heavy atom. The second-order valence-electron chi connectivity index (χ2n) is 9.51. The van der Waals surface area contributed by atoms with Gasteiger partial charge in [0.05, 0.1) is 0 Å². The number of amides is 3. The molecule has 1 fully saturated rings. The maximum Gasteiger partial charge on any atom is 0.387 e. The molecule has 2 unspecified atom stereocenters. The number of H-pyrrole nitrogens is 1. The van der Waals surface area contributed by atoms with E-state index >= 15 is 0 Å². The zero-order valence-electron chi connectivity index (χ0n) is 20.3. The molecule has 3 amide bonds. The number of phenols is 1. The molecular weight excluding hydrogens is 482 g/mol. The van der Waals surface area contributed by atoms with Crippen LogP contribution < -0.4 is 10.1 Å². The average molecular weight is 511 g/mol. The lowest BCUT2D eigenvalue weighted by Crippen LogP contribution is -2.53. The molecule has 3 N–H and O–H groups in total. The minimum atomic E-state index is -2.97. The smallest absolute Gasteiger partial charge is 0.387 e. The van der Waals surface area contributed by atoms with E-state index in [2.05, 4.69) is 21.6 Å². The van der Waals surface area contributed by atoms with E-state index in [1.807, 2.05) is 0 Å². The van der Waals surface area contributed by atoms with Crippen molar-refractivity contribution in [3.05, 3.63) is 71.9 Å². The number of nitrogens with one attached hydrogen (secondary N) is 2. The molecule has 194 valence electrons. The summed E-state index contributed by atoms with van der Waals surface area (Å²) in [6.07, 6.45) is 2.52. The number of aromatic hydroxyl groups is 1. The molecule has 0 bridgehead atoms. The van der Waals surface area contributed by atoms with Crippen LogP contribution in [0.4, 0.5) is 13.6 Å². The number of carbonyl (C=O) groups excluding carboxylic acids is 2. The van der Waals surface area contributed by atoms with Gasteiger partial charge in [0.1, 0.15) is 23.1 Å². The van der Waals surface area contributed by atoms with E-state index in [4.69, 9.17) is 0 Å². The van der Waals surface area contributed by atoms with Crippen LogP contribution in [0.15, 0.2) is 55.1 Å². The summed E-state index contributed by atoms with van der Waals surface area (Å²) in [4.78, 5) is 33.7. The molecule has 1 aromatic heterocycles. The first-order chi connectivity index (χ1) is 17.7. The van der Waals surface area contributed by atoms with E-state index < -0.39 is 24.2 Å². The van der Waals surface area contributed by atoms with E-state index in [1.54, 1.807) is 42.2 Å². The quantitative estimate of drug-likeness (QED) is 0.226. The number of fused-ring (bicyclic) bond motifs is 4. The third kappa shape index (κ3) is 4.21. The van der Waals surface area contributed by atoms with Crippen molar-refractivity contribution in [3.63, 3.8) is 0 Å². The molecular formula is C27H28F2N4O4. The van der Waals surface area contributed by atoms with Gasteiger partial charge in [0, 0.05) is 36.1 Å². The molecule has 37 heavy (non-hydrogen) atoms. The number of ether oxygens (including phenoxy) is 1. The van der Waals surface area contributed by atoms with Gasteiger partial charge >= 0.3 is 12.6 Å². The first kappa shape index (κ1) is 24.8. The van der Waals surface area contributed by atoms with E-state index in [0.717, 1.165) is 5.56 Å². The van der Waals surface area contributed by atoms with Gasteiger partial charge in [-0.2, -0.15) is 8.78 Å². The van der Waals surface area contributed by atoms with Crippen molar-refractivity contribution >= 4 is 22.8 Å². The zero-order valence-corrected chi connectivity index (χ0v) is 20.3. The van der Waals surface area contributed by atoms with Crippen LogP contribution >= 0.6 is 0 Å². The van der Waals surface area contributed by atoms with E-state index in [-0.39, 0.29) is 30.4 Å². The fourth-order valence-corrected chi connectivity index (χ4v) is 5.47. The van der Waals surface area contributed by atoms with E-state index in [0.29, 0.717) is 41.7 Å². The largest absolute Gasteiger partial charge is 0.508 e. The predicted molar refractivity (Wildman–Crippen MR) is 134 cm³/mol. The summed E-state index contributed by atoms with van der Waals surface area (Å²) in [6.45, 7) is 3.93. The Morgan fingerprint density at radius 2 is 2.11 bits per heavy atom. The van der Waals surface area contributed by atoms with Gasteiger partial charge in [-0.25, -0.2) is 4.79 Å². The standard InChI is InChI=1S/C27H28F2N4O4/c1-3-10-30-11-5-12-32-24(35)27(2)15-20-19-14-18(37-25(28)29)8-9-21(19)31-22(20)23(33(27)26(32)36)16-6-4-7-17(34)13-16/h3-4,6-9,13-14,23,25,30-31,34H,1,5,10-12,15H2,2H3. The Labute approximate surface area is 212 Å². The number of hydrogen-bond acceptors (Lipinski definition) is 5. The normalized spacial score (nSPS) is 21.0. The summed E-state index contributed by atoms with van der Waals surface area (Å²) >= 11 is 0. The summed E-state index contributed by atoms with van der Waals surface area (Å²) in [5.74, 6) is -0.280. The topological polar surface area (TPSA) is 97.9 Å². The van der Waals surface area contributed by atoms with Crippen molar-refractivity contribution < 1.29 is 28.2 Å². The second-order valence-corrected chi connectivity index (χ2v) is 9.51. The van der Waals surface area contributed by atoms with Gasteiger partial charge in [0.15, 0.2) is 0 Å². The van der Waals surface area contributed by atoms with Gasteiger partial charge in [0.2, 0.25) is 0 Å². The Bertz CT molecular complexity index is 1370. The van der Waals surface area contributed by atoms with Crippen LogP contribution in [0, 0.1) is 0 Å². The lowest BCUT2D eigenvalue weighted by Gasteiger charge is -2.42. The number of imide groups is 1. The SMILES string of the molecule is C=CCNCCCN1C(=O)N2C(c3cccc(O)c3)c3[nH]c4ccc(OC(F)F)cc4c3CC2(C)C1=O. The van der Waals surface area contributed by atoms with Crippen molar-refractivity contribution in [3.8, 4) is 11.5 Å². The van der Waals surface area contributed by atoms with Gasteiger partial charge in [-0.3, -0.25) is 14.6 Å². The van der Waals surface area contributed by atoms with E-state index in [1.165, 1.54) is 23.1 Å². The third-order valence-corrected chi connectivity index (χ3v) is 7.07. The molecule has 0 spiro atoms. The number of aromatic amines is 1. The zero-order chi connectivity index (χ0) is 26.3. The van der Waals surface area contributed by atoms with Crippen LogP contribution in [0.25, 0.3) is 10.9 Å². The summed E-state index contributed by atoms with van der Waals surface area (Å²) in [5.41, 5.74) is 1.51. The minimum Gasteiger partial charge on any atom is -0.508 e. The molecule has 1 saturated heterocycles. The lowest BCUT2D eigenvalue weighted by molar-refractivity contribution is -0.133. The molecule has 3 aromatic rings. The third-order valence-electron chi connectivity index (χ3n) is 7.07. The summed E-state index contributed by atoms with van der Waals surface area (Å²) in [6, 6.07) is 10.1. The predicted octanol–water partition coefficient (Wildman–Crippen LogP) is 4.31. The van der Waals surface area contributed by atoms with Gasteiger partial charge in [-0.05, 0) is 61.3 Å². The van der Waals surface area contributed by atoms with Gasteiger partial charge in [-0.15, -0.1) is 6.58 Å². The highest BCUT2D eigenvalue weighted by Gasteiger charge is 2.60. The molecule has 0 radical (unpaired) electrons. The van der Waals surface area contributed by atoms with Gasteiger partial charge in [-0.1, -0.05) is 18.2 Å². The highest BCUT2D eigenvalue weighted by molar-refractivity contribution is 6.08. The van der Waals surface area contributed by atoms with E-state index in [9.17, 15) is 23.5 Å². The number of hydrogen-bond donors (Lipinski definition) is 3. The minimum absolute atomic E-state index is 0.00765. The van der Waals surface area contributed by atoms with Crippen molar-refractivity contribution in [2.75, 3.05) is 19.6 Å². The highest BCUT2D eigenvalue weighted by atomic mass is 19.3. The number of alkyl halides is 2. The second kappa shape index (κ2) is 9.51. The molecule has 2 aliphatic rings. The highest BCUT2D eigenvalue weighted by Crippen LogP contribution is 2.49. The molecule has 8 nitrogen and oxygen atoms in total. The Morgan fingerprint density at radius 3 is 2.84 bits per heavy atom. The first-order valence-electron chi connectivity index (χ1n) is 12.1. The number of rotatable bonds is 9. The Balaban J connectivity index is 1.60. The Hall–Kier alpha value is -3.92. The van der Waals surface area contributed by atoms with Crippen molar-refractivity contribution in [2.45, 2.75) is 38.0 Å². The number of halogens is 2. The monoisotopic (exact) mass is 510 g/mol. The number of carbonyl (C=O) groups is 2. The number of aromatic nitrogens is 1. The molecule has 2 atom stereocenters. The maximum absolute atomic E-state index is 13.8. The molecule has 2 aromatic carbocycles. The molecule has 0 aliphatic carbocycles. The molecule has 5 rings (SSSR count). The maximum atomic E-state index is 13.8. The summed E-state index contributed by atoms with van der Waals surface area (Å²) < 4.78 is 30.4.